The fraction of sp³-hybridized carbons (Fsp3) is 0.300. The Labute approximate surface area is 179 Å². The quantitative estimate of drug-likeness (QED) is 0.543. The van der Waals surface area contributed by atoms with Crippen LogP contribution < -0.4 is 5.32 Å². The highest BCUT2D eigenvalue weighted by atomic mass is 35.5. The Morgan fingerprint density at radius 1 is 1.23 bits per heavy atom. The second kappa shape index (κ2) is 8.05. The number of hydrogen-bond donors (Lipinski definition) is 2. The van der Waals surface area contributed by atoms with E-state index in [1.54, 1.807) is 6.07 Å². The average Bonchev–Trinajstić information content (AvgIpc) is 3.31. The normalized spacial score (nSPS) is 15.1. The molecule has 5 nitrogen and oxygen atoms in total. The molecule has 2 heterocycles. The van der Waals surface area contributed by atoms with Gasteiger partial charge in [-0.2, -0.15) is 13.2 Å². The summed E-state index contributed by atoms with van der Waals surface area (Å²) in [6, 6.07) is 6.18. The van der Waals surface area contributed by atoms with Crippen LogP contribution in [0.4, 0.5) is 18.3 Å². The molecular weight excluding hydrogens is 439 g/mol. The van der Waals surface area contributed by atoms with Crippen LogP contribution in [0.1, 0.15) is 34.3 Å². The molecule has 1 fully saturated rings. The van der Waals surface area contributed by atoms with E-state index in [0.29, 0.717) is 27.3 Å². The Balaban J connectivity index is 1.58. The van der Waals surface area contributed by atoms with E-state index in [-0.39, 0.29) is 16.4 Å². The minimum Gasteiger partial charge on any atom is -0.507 e. The van der Waals surface area contributed by atoms with Crippen LogP contribution in [0.25, 0.3) is 10.2 Å². The summed E-state index contributed by atoms with van der Waals surface area (Å²) in [5, 5.41) is 13.6. The van der Waals surface area contributed by atoms with Gasteiger partial charge in [0.1, 0.15) is 5.75 Å². The molecule has 3 aromatic rings. The van der Waals surface area contributed by atoms with Crippen molar-refractivity contribution >= 4 is 44.2 Å². The predicted octanol–water partition coefficient (Wildman–Crippen LogP) is 5.52. The molecule has 1 aromatic heterocycles. The molecule has 2 N–H and O–H groups in total. The average molecular weight is 456 g/mol. The summed E-state index contributed by atoms with van der Waals surface area (Å²) < 4.78 is 39.0. The molecule has 30 heavy (non-hydrogen) atoms. The van der Waals surface area contributed by atoms with Gasteiger partial charge in [0.05, 0.1) is 21.3 Å². The van der Waals surface area contributed by atoms with Crippen molar-refractivity contribution in [3.63, 3.8) is 0 Å². The molecule has 1 aliphatic heterocycles. The first-order valence-electron chi connectivity index (χ1n) is 9.23. The Kier molecular flexibility index (Phi) is 5.61. The molecule has 0 aliphatic carbocycles. The fourth-order valence-electron chi connectivity index (χ4n) is 3.45. The maximum absolute atomic E-state index is 12.9. The maximum Gasteiger partial charge on any atom is 0.416 e. The third-order valence-electron chi connectivity index (χ3n) is 4.93. The highest BCUT2D eigenvalue weighted by molar-refractivity contribution is 7.22. The number of likely N-dealkylation sites (tertiary alicyclic amines) is 1. The fourth-order valence-corrected chi connectivity index (χ4v) is 4.59. The number of hydrogen-bond acceptors (Lipinski definition) is 5. The lowest BCUT2D eigenvalue weighted by atomic mass is 10.1. The molecule has 2 aromatic carbocycles. The molecule has 0 atom stereocenters. The summed E-state index contributed by atoms with van der Waals surface area (Å²) in [6.45, 7) is 2.31. The van der Waals surface area contributed by atoms with Gasteiger partial charge in [0.25, 0.3) is 5.91 Å². The van der Waals surface area contributed by atoms with Gasteiger partial charge in [-0.15, -0.1) is 0 Å². The van der Waals surface area contributed by atoms with Gasteiger partial charge in [0, 0.05) is 17.1 Å². The summed E-state index contributed by atoms with van der Waals surface area (Å²) in [6.07, 6.45) is -2.29. The van der Waals surface area contributed by atoms with E-state index in [9.17, 15) is 23.1 Å². The summed E-state index contributed by atoms with van der Waals surface area (Å²) in [5.74, 6) is -0.794. The monoisotopic (exact) mass is 455 g/mol. The number of alkyl halides is 3. The topological polar surface area (TPSA) is 65.5 Å². The molecule has 158 valence electrons. The number of carbonyl (C=O) groups excluding carboxylic acids is 1. The Bertz CT molecular complexity index is 1110. The summed E-state index contributed by atoms with van der Waals surface area (Å²) in [5.41, 5.74) is 0.101. The number of fused-ring (bicyclic) bond motifs is 1. The van der Waals surface area contributed by atoms with Gasteiger partial charge in [-0.3, -0.25) is 15.0 Å². The number of carbonyl (C=O) groups is 1. The van der Waals surface area contributed by atoms with E-state index in [0.717, 1.165) is 49.4 Å². The summed E-state index contributed by atoms with van der Waals surface area (Å²) in [4.78, 5) is 19.0. The van der Waals surface area contributed by atoms with Crippen LogP contribution in [-0.4, -0.2) is 34.0 Å². The highest BCUT2D eigenvalue weighted by Gasteiger charge is 2.31. The number of nitrogens with one attached hydrogen (secondary N) is 1. The molecule has 1 aliphatic rings. The molecule has 4 rings (SSSR count). The predicted molar refractivity (Wildman–Crippen MR) is 110 cm³/mol. The van der Waals surface area contributed by atoms with Crippen LogP contribution in [-0.2, 0) is 12.7 Å². The van der Waals surface area contributed by atoms with Crippen molar-refractivity contribution in [2.24, 2.45) is 0 Å². The zero-order chi connectivity index (χ0) is 21.5. The van der Waals surface area contributed by atoms with Gasteiger partial charge in [-0.1, -0.05) is 22.9 Å². The summed E-state index contributed by atoms with van der Waals surface area (Å²) >= 11 is 7.07. The molecule has 0 unspecified atom stereocenters. The number of amides is 1. The molecule has 0 saturated carbocycles. The largest absolute Gasteiger partial charge is 0.507 e. The number of rotatable bonds is 4. The van der Waals surface area contributed by atoms with E-state index in [2.05, 4.69) is 15.2 Å². The van der Waals surface area contributed by atoms with E-state index >= 15 is 0 Å². The molecule has 0 radical (unpaired) electrons. The van der Waals surface area contributed by atoms with Gasteiger partial charge in [0.2, 0.25) is 0 Å². The third kappa shape index (κ3) is 4.38. The molecular formula is C20H17ClF3N3O2S. The van der Waals surface area contributed by atoms with E-state index < -0.39 is 17.6 Å². The van der Waals surface area contributed by atoms with Gasteiger partial charge in [0.15, 0.2) is 5.13 Å². The first-order chi connectivity index (χ1) is 14.2. The van der Waals surface area contributed by atoms with Crippen molar-refractivity contribution in [2.75, 3.05) is 18.4 Å². The van der Waals surface area contributed by atoms with Crippen molar-refractivity contribution in [3.8, 4) is 5.75 Å². The first-order valence-corrected chi connectivity index (χ1v) is 10.4. The maximum atomic E-state index is 12.9. The SMILES string of the molecule is O=C(Nc1nc2ccc(C(F)(F)F)cc2s1)c1cc(Cl)cc(CN2CCCC2)c1O. The molecule has 1 amide bonds. The van der Waals surface area contributed by atoms with E-state index in [1.807, 2.05) is 0 Å². The lowest BCUT2D eigenvalue weighted by molar-refractivity contribution is -0.137. The van der Waals surface area contributed by atoms with Crippen LogP contribution >= 0.6 is 22.9 Å². The van der Waals surface area contributed by atoms with Gasteiger partial charge in [-0.05, 0) is 56.3 Å². The number of anilines is 1. The van der Waals surface area contributed by atoms with Crippen LogP contribution in [0.15, 0.2) is 30.3 Å². The lowest BCUT2D eigenvalue weighted by Crippen LogP contribution is -2.19. The van der Waals surface area contributed by atoms with Gasteiger partial charge < -0.3 is 5.11 Å². The third-order valence-corrected chi connectivity index (χ3v) is 6.08. The van der Waals surface area contributed by atoms with Crippen LogP contribution in [0.2, 0.25) is 5.02 Å². The molecule has 1 saturated heterocycles. The van der Waals surface area contributed by atoms with E-state index in [4.69, 9.17) is 11.6 Å². The van der Waals surface area contributed by atoms with Crippen molar-refractivity contribution in [1.29, 1.82) is 0 Å². The number of thiazole rings is 1. The standard InChI is InChI=1S/C20H17ClF3N3O2S/c21-13-7-11(10-27-5-1-2-6-27)17(28)14(9-13)18(29)26-19-25-15-4-3-12(20(22,23)24)8-16(15)30-19/h3-4,7-9,28H,1-2,5-6,10H2,(H,25,26,29). The molecule has 10 heteroatoms. The zero-order valence-corrected chi connectivity index (χ0v) is 17.2. The zero-order valence-electron chi connectivity index (χ0n) is 15.6. The van der Waals surface area contributed by atoms with Crippen LogP contribution in [0.5, 0.6) is 5.75 Å². The van der Waals surface area contributed by atoms with Crippen LogP contribution in [0.3, 0.4) is 0 Å². The summed E-state index contributed by atoms with van der Waals surface area (Å²) in [7, 11) is 0. The van der Waals surface area contributed by atoms with E-state index in [1.165, 1.54) is 12.1 Å². The lowest BCUT2D eigenvalue weighted by Gasteiger charge is -2.17. The number of aromatic hydroxyl groups is 1. The smallest absolute Gasteiger partial charge is 0.416 e. The minimum atomic E-state index is -4.46. The molecule has 0 bridgehead atoms. The van der Waals surface area contributed by atoms with Crippen molar-refractivity contribution < 1.29 is 23.1 Å². The minimum absolute atomic E-state index is 0.00747. The van der Waals surface area contributed by atoms with Crippen molar-refractivity contribution in [3.05, 3.63) is 52.0 Å². The van der Waals surface area contributed by atoms with Crippen LogP contribution in [0, 0.1) is 0 Å². The second-order valence-electron chi connectivity index (χ2n) is 7.10. The van der Waals surface area contributed by atoms with Gasteiger partial charge >= 0.3 is 6.18 Å². The number of phenols is 1. The Hall–Kier alpha value is -2.36. The number of benzene rings is 2. The number of halogens is 4. The Morgan fingerprint density at radius 3 is 2.67 bits per heavy atom. The number of nitrogens with zero attached hydrogens (tertiary/aromatic N) is 2. The van der Waals surface area contributed by atoms with Gasteiger partial charge in [-0.25, -0.2) is 4.98 Å². The Morgan fingerprint density at radius 2 is 1.97 bits per heavy atom. The number of phenolic OH excluding ortho intramolecular Hbond substituents is 1. The number of aromatic nitrogens is 1. The second-order valence-corrected chi connectivity index (χ2v) is 8.56. The highest BCUT2D eigenvalue weighted by Crippen LogP contribution is 2.35. The molecule has 0 spiro atoms. The van der Waals surface area contributed by atoms with Crippen molar-refractivity contribution in [2.45, 2.75) is 25.6 Å². The van der Waals surface area contributed by atoms with Crippen molar-refractivity contribution in [1.82, 2.24) is 9.88 Å². The first kappa shape index (κ1) is 20.9.